The first kappa shape index (κ1) is 22.7. The van der Waals surface area contributed by atoms with Gasteiger partial charge >= 0.3 is 6.09 Å². The Hall–Kier alpha value is -3.55. The van der Waals surface area contributed by atoms with Crippen LogP contribution in [0.3, 0.4) is 0 Å². The number of hydrogen-bond acceptors (Lipinski definition) is 5. The van der Waals surface area contributed by atoms with Gasteiger partial charge in [-0.1, -0.05) is 12.1 Å². The summed E-state index contributed by atoms with van der Waals surface area (Å²) in [6.07, 6.45) is -0.716. The lowest BCUT2D eigenvalue weighted by atomic mass is 10.1. The van der Waals surface area contributed by atoms with Crippen LogP contribution in [-0.4, -0.2) is 30.6 Å². The summed E-state index contributed by atoms with van der Waals surface area (Å²) in [5, 5.41) is 8.03. The average molecular weight is 413 g/mol. The number of methoxy groups -OCH3 is 1. The normalized spacial score (nSPS) is 11.8. The van der Waals surface area contributed by atoms with Crippen LogP contribution >= 0.6 is 0 Å². The van der Waals surface area contributed by atoms with E-state index < -0.39 is 23.6 Å². The number of ether oxygens (including phenoxy) is 2. The minimum atomic E-state index is -1.01. The van der Waals surface area contributed by atoms with Crippen molar-refractivity contribution in [3.8, 4) is 5.75 Å². The van der Waals surface area contributed by atoms with E-state index in [1.807, 2.05) is 0 Å². The van der Waals surface area contributed by atoms with Gasteiger partial charge in [0.25, 0.3) is 5.91 Å². The highest BCUT2D eigenvalue weighted by atomic mass is 16.6. The van der Waals surface area contributed by atoms with Crippen LogP contribution in [0.15, 0.2) is 48.5 Å². The van der Waals surface area contributed by atoms with E-state index in [4.69, 9.17) is 9.47 Å². The number of benzene rings is 2. The molecule has 0 fully saturated rings. The minimum absolute atomic E-state index is 0.188. The van der Waals surface area contributed by atoms with Gasteiger partial charge in [0.1, 0.15) is 17.4 Å². The van der Waals surface area contributed by atoms with Crippen LogP contribution in [0, 0.1) is 0 Å². The third kappa shape index (κ3) is 7.12. The molecular formula is C22H27N3O5. The zero-order valence-electron chi connectivity index (χ0n) is 17.7. The van der Waals surface area contributed by atoms with Crippen LogP contribution in [0.25, 0.3) is 0 Å². The molecule has 160 valence electrons. The van der Waals surface area contributed by atoms with Gasteiger partial charge in [0.15, 0.2) is 0 Å². The van der Waals surface area contributed by atoms with Gasteiger partial charge in [0, 0.05) is 18.3 Å². The maximum atomic E-state index is 13.0. The van der Waals surface area contributed by atoms with Crippen molar-refractivity contribution >= 4 is 29.3 Å². The molecule has 2 aromatic carbocycles. The van der Waals surface area contributed by atoms with Crippen molar-refractivity contribution in [1.82, 2.24) is 5.32 Å². The Morgan fingerprint density at radius 3 is 2.07 bits per heavy atom. The number of anilines is 2. The largest absolute Gasteiger partial charge is 0.497 e. The predicted octanol–water partition coefficient (Wildman–Crippen LogP) is 3.86. The van der Waals surface area contributed by atoms with Crippen LogP contribution in [0.1, 0.15) is 39.3 Å². The van der Waals surface area contributed by atoms with Crippen molar-refractivity contribution in [2.75, 3.05) is 17.7 Å². The molecule has 0 radical (unpaired) electrons. The Bertz CT molecular complexity index is 904. The van der Waals surface area contributed by atoms with Crippen molar-refractivity contribution in [2.24, 2.45) is 0 Å². The fraction of sp³-hybridized carbons (Fsp3) is 0.318. The molecule has 0 heterocycles. The number of rotatable bonds is 6. The zero-order valence-corrected chi connectivity index (χ0v) is 17.7. The summed E-state index contributed by atoms with van der Waals surface area (Å²) in [4.78, 5) is 36.4. The van der Waals surface area contributed by atoms with Crippen molar-refractivity contribution in [1.29, 1.82) is 0 Å². The smallest absolute Gasteiger partial charge is 0.408 e. The Labute approximate surface area is 175 Å². The Kier molecular flexibility index (Phi) is 7.41. The molecule has 3 amide bonds. The van der Waals surface area contributed by atoms with Crippen LogP contribution in [0.2, 0.25) is 0 Å². The number of amides is 3. The molecule has 1 atom stereocenters. The maximum Gasteiger partial charge on any atom is 0.408 e. The lowest BCUT2D eigenvalue weighted by Crippen LogP contribution is -2.40. The quantitative estimate of drug-likeness (QED) is 0.667. The van der Waals surface area contributed by atoms with E-state index in [1.54, 1.807) is 69.3 Å². The van der Waals surface area contributed by atoms with Gasteiger partial charge < -0.3 is 25.4 Å². The summed E-state index contributed by atoms with van der Waals surface area (Å²) in [5.41, 5.74) is 0.941. The van der Waals surface area contributed by atoms with Crippen molar-refractivity contribution in [3.05, 3.63) is 54.1 Å². The third-order valence-corrected chi connectivity index (χ3v) is 3.82. The van der Waals surface area contributed by atoms with Gasteiger partial charge in [-0.3, -0.25) is 9.59 Å². The molecule has 3 N–H and O–H groups in total. The standard InChI is InChI=1S/C22H27N3O5/c1-14(26)23-16-9-11-17(12-10-16)24-20(27)19(25-21(28)30-22(2,3)4)15-7-6-8-18(13-15)29-5/h6-13,19H,1-5H3,(H,23,26)(H,24,27)(H,25,28). The highest BCUT2D eigenvalue weighted by Gasteiger charge is 2.26. The minimum Gasteiger partial charge on any atom is -0.497 e. The molecule has 0 spiro atoms. The van der Waals surface area contributed by atoms with Crippen molar-refractivity contribution in [2.45, 2.75) is 39.3 Å². The van der Waals surface area contributed by atoms with Gasteiger partial charge in [-0.2, -0.15) is 0 Å². The lowest BCUT2D eigenvalue weighted by Gasteiger charge is -2.24. The fourth-order valence-corrected chi connectivity index (χ4v) is 2.60. The second-order valence-corrected chi connectivity index (χ2v) is 7.60. The number of hydrogen-bond donors (Lipinski definition) is 3. The van der Waals surface area contributed by atoms with Crippen LogP contribution in [0.5, 0.6) is 5.75 Å². The summed E-state index contributed by atoms with van der Waals surface area (Å²) in [6.45, 7) is 6.63. The first-order valence-corrected chi connectivity index (χ1v) is 9.39. The van der Waals surface area contributed by atoms with E-state index >= 15 is 0 Å². The summed E-state index contributed by atoms with van der Waals surface area (Å²) < 4.78 is 10.5. The SMILES string of the molecule is COc1cccc(C(NC(=O)OC(C)(C)C)C(=O)Nc2ccc(NC(C)=O)cc2)c1. The molecule has 0 bridgehead atoms. The summed E-state index contributed by atoms with van der Waals surface area (Å²) in [5.74, 6) is -0.0937. The molecule has 0 saturated carbocycles. The molecule has 0 aliphatic heterocycles. The lowest BCUT2D eigenvalue weighted by molar-refractivity contribution is -0.118. The first-order chi connectivity index (χ1) is 14.1. The number of carbonyl (C=O) groups is 3. The second-order valence-electron chi connectivity index (χ2n) is 7.60. The van der Waals surface area contributed by atoms with E-state index in [-0.39, 0.29) is 5.91 Å². The molecule has 30 heavy (non-hydrogen) atoms. The fourth-order valence-electron chi connectivity index (χ4n) is 2.60. The van der Waals surface area contributed by atoms with E-state index in [0.717, 1.165) is 0 Å². The molecule has 2 rings (SSSR count). The average Bonchev–Trinajstić information content (AvgIpc) is 2.66. The van der Waals surface area contributed by atoms with E-state index in [2.05, 4.69) is 16.0 Å². The summed E-state index contributed by atoms with van der Waals surface area (Å²) in [6, 6.07) is 12.5. The molecule has 0 aliphatic rings. The molecule has 0 aliphatic carbocycles. The second kappa shape index (κ2) is 9.78. The topological polar surface area (TPSA) is 106 Å². The van der Waals surface area contributed by atoms with E-state index in [0.29, 0.717) is 22.7 Å². The van der Waals surface area contributed by atoms with Crippen LogP contribution in [0.4, 0.5) is 16.2 Å². The zero-order chi connectivity index (χ0) is 22.3. The molecule has 8 nitrogen and oxygen atoms in total. The highest BCUT2D eigenvalue weighted by Crippen LogP contribution is 2.22. The predicted molar refractivity (Wildman–Crippen MR) is 114 cm³/mol. The Balaban J connectivity index is 2.22. The van der Waals surface area contributed by atoms with Crippen molar-refractivity contribution < 1.29 is 23.9 Å². The monoisotopic (exact) mass is 413 g/mol. The Morgan fingerprint density at radius 2 is 1.53 bits per heavy atom. The molecule has 0 saturated heterocycles. The first-order valence-electron chi connectivity index (χ1n) is 9.39. The molecule has 2 aromatic rings. The Morgan fingerprint density at radius 1 is 0.933 bits per heavy atom. The molecule has 1 unspecified atom stereocenters. The molecular weight excluding hydrogens is 386 g/mol. The summed E-state index contributed by atoms with van der Waals surface area (Å²) >= 11 is 0. The van der Waals surface area contributed by atoms with Gasteiger partial charge in [-0.05, 0) is 62.7 Å². The van der Waals surface area contributed by atoms with Crippen molar-refractivity contribution in [3.63, 3.8) is 0 Å². The van der Waals surface area contributed by atoms with E-state index in [1.165, 1.54) is 14.0 Å². The molecule has 0 aromatic heterocycles. The van der Waals surface area contributed by atoms with E-state index in [9.17, 15) is 14.4 Å². The summed E-state index contributed by atoms with van der Waals surface area (Å²) in [7, 11) is 1.52. The maximum absolute atomic E-state index is 13.0. The molecule has 8 heteroatoms. The number of alkyl carbamates (subject to hydrolysis) is 1. The van der Waals surface area contributed by atoms with Gasteiger partial charge in [0.2, 0.25) is 5.91 Å². The van der Waals surface area contributed by atoms with Gasteiger partial charge in [0.05, 0.1) is 7.11 Å². The third-order valence-electron chi connectivity index (χ3n) is 3.82. The van der Waals surface area contributed by atoms with Gasteiger partial charge in [-0.25, -0.2) is 4.79 Å². The van der Waals surface area contributed by atoms with Crippen LogP contribution in [-0.2, 0) is 14.3 Å². The number of nitrogens with one attached hydrogen (secondary N) is 3. The number of carbonyl (C=O) groups excluding carboxylic acids is 3. The van der Waals surface area contributed by atoms with Crippen LogP contribution < -0.4 is 20.7 Å². The highest BCUT2D eigenvalue weighted by molar-refractivity contribution is 5.97. The van der Waals surface area contributed by atoms with Gasteiger partial charge in [-0.15, -0.1) is 0 Å².